The minimum atomic E-state index is -1.05. The number of nitrogens with one attached hydrogen (secondary N) is 1. The molecule has 0 aliphatic heterocycles. The number of nitrogens with zero attached hydrogens (tertiary/aromatic N) is 1. The number of hydrogen-bond donors (Lipinski definition) is 3. The second-order valence-electron chi connectivity index (χ2n) is 8.66. The number of likely N-dealkylation sites (N-methyl/N-ethyl adjacent to an activating group) is 1. The molecule has 0 spiro atoms. The third kappa shape index (κ3) is 9.97. The van der Waals surface area contributed by atoms with Gasteiger partial charge in [-0.05, 0) is 30.0 Å². The molecule has 194 valence electrons. The molecule has 10 nitrogen and oxygen atoms in total. The lowest BCUT2D eigenvalue weighted by Crippen LogP contribution is -2.53. The van der Waals surface area contributed by atoms with Crippen molar-refractivity contribution in [3.05, 3.63) is 29.8 Å². The number of methoxy groups -OCH3 is 1. The van der Waals surface area contributed by atoms with Gasteiger partial charge >= 0.3 is 0 Å². The molecule has 1 rings (SSSR count). The van der Waals surface area contributed by atoms with Gasteiger partial charge in [0, 0.05) is 32.1 Å². The number of benzene rings is 1. The summed E-state index contributed by atoms with van der Waals surface area (Å²) >= 11 is 0.859. The van der Waals surface area contributed by atoms with Crippen molar-refractivity contribution in [3.63, 3.8) is 0 Å². The van der Waals surface area contributed by atoms with Crippen LogP contribution >= 0.6 is 11.8 Å². The molecule has 2 unspecified atom stereocenters. The molecule has 0 aromatic heterocycles. The molecule has 0 saturated carbocycles. The standard InChI is InChI=1S/C24H36N4O6S/c1-14(2)10-18(23(26)32)20(35-15(3)29)12-22(31)28(13-21(25)30)19(24(33)27-4)11-16-6-8-17(34-5)9-7-16/h6-9,14,18-20H,10-13H2,1-5H3,(H2,25,30)(H2,26,32)(H,27,33)/t18?,19-,20?/m0/s1. The van der Waals surface area contributed by atoms with Gasteiger partial charge in [-0.25, -0.2) is 0 Å². The third-order valence-corrected chi connectivity index (χ3v) is 6.52. The van der Waals surface area contributed by atoms with E-state index in [4.69, 9.17) is 16.2 Å². The monoisotopic (exact) mass is 508 g/mol. The summed E-state index contributed by atoms with van der Waals surface area (Å²) in [6.07, 6.45) is 0.223. The van der Waals surface area contributed by atoms with E-state index in [0.29, 0.717) is 12.2 Å². The summed E-state index contributed by atoms with van der Waals surface area (Å²) in [5.74, 6) is -2.52. The number of nitrogens with two attached hydrogens (primary N) is 2. The number of amides is 4. The van der Waals surface area contributed by atoms with Gasteiger partial charge in [0.15, 0.2) is 5.12 Å². The molecule has 0 saturated heterocycles. The van der Waals surface area contributed by atoms with Crippen molar-refractivity contribution >= 4 is 40.5 Å². The Balaban J connectivity index is 3.33. The highest BCUT2D eigenvalue weighted by atomic mass is 32.2. The minimum absolute atomic E-state index is 0.0908. The Labute approximate surface area is 210 Å². The molecule has 5 N–H and O–H groups in total. The van der Waals surface area contributed by atoms with Gasteiger partial charge in [-0.3, -0.25) is 24.0 Å². The molecule has 0 aliphatic carbocycles. The van der Waals surface area contributed by atoms with Crippen LogP contribution in [-0.2, 0) is 30.4 Å². The van der Waals surface area contributed by atoms with Crippen molar-refractivity contribution in [2.24, 2.45) is 23.3 Å². The van der Waals surface area contributed by atoms with Crippen molar-refractivity contribution in [3.8, 4) is 5.75 Å². The first-order chi connectivity index (χ1) is 16.4. The minimum Gasteiger partial charge on any atom is -0.497 e. The summed E-state index contributed by atoms with van der Waals surface area (Å²) in [7, 11) is 2.96. The lowest BCUT2D eigenvalue weighted by atomic mass is 9.91. The lowest BCUT2D eigenvalue weighted by Gasteiger charge is -2.32. The van der Waals surface area contributed by atoms with Crippen molar-refractivity contribution in [1.29, 1.82) is 0 Å². The predicted octanol–water partition coefficient (Wildman–Crippen LogP) is 0.852. The average molecular weight is 509 g/mol. The topological polar surface area (TPSA) is 162 Å². The Kier molecular flexibility index (Phi) is 12.3. The molecular formula is C24H36N4O6S. The van der Waals surface area contributed by atoms with Gasteiger partial charge in [-0.1, -0.05) is 37.7 Å². The highest BCUT2D eigenvalue weighted by molar-refractivity contribution is 8.14. The smallest absolute Gasteiger partial charge is 0.242 e. The quantitative estimate of drug-likeness (QED) is 0.335. The van der Waals surface area contributed by atoms with Crippen LogP contribution in [0.3, 0.4) is 0 Å². The van der Waals surface area contributed by atoms with Gasteiger partial charge in [0.25, 0.3) is 0 Å². The van der Waals surface area contributed by atoms with E-state index in [1.165, 1.54) is 21.1 Å². The Morgan fingerprint density at radius 3 is 2.11 bits per heavy atom. The summed E-state index contributed by atoms with van der Waals surface area (Å²) in [5.41, 5.74) is 11.8. The number of rotatable bonds is 14. The Bertz CT molecular complexity index is 906. The van der Waals surface area contributed by atoms with Crippen LogP contribution in [0.4, 0.5) is 0 Å². The van der Waals surface area contributed by atoms with Gasteiger partial charge in [-0.2, -0.15) is 0 Å². The van der Waals surface area contributed by atoms with Crippen LogP contribution in [0.1, 0.15) is 39.2 Å². The fourth-order valence-corrected chi connectivity index (χ4v) is 4.83. The molecule has 0 bridgehead atoms. The van der Waals surface area contributed by atoms with Crippen LogP contribution in [0.5, 0.6) is 5.75 Å². The van der Waals surface area contributed by atoms with Crippen LogP contribution < -0.4 is 21.5 Å². The van der Waals surface area contributed by atoms with Gasteiger partial charge in [0.05, 0.1) is 13.0 Å². The molecule has 11 heteroatoms. The SMILES string of the molecule is CNC(=O)[C@H](Cc1ccc(OC)cc1)N(CC(N)=O)C(=O)CC(SC(C)=O)C(CC(C)C)C(N)=O. The molecule has 3 atom stereocenters. The summed E-state index contributed by atoms with van der Waals surface area (Å²) < 4.78 is 5.15. The van der Waals surface area contributed by atoms with E-state index in [9.17, 15) is 24.0 Å². The molecule has 35 heavy (non-hydrogen) atoms. The predicted molar refractivity (Wildman–Crippen MR) is 134 cm³/mol. The molecule has 0 aliphatic rings. The van der Waals surface area contributed by atoms with Crippen molar-refractivity contribution in [1.82, 2.24) is 10.2 Å². The van der Waals surface area contributed by atoms with Gasteiger partial charge in [-0.15, -0.1) is 0 Å². The maximum atomic E-state index is 13.5. The Hall–Kier alpha value is -3.08. The van der Waals surface area contributed by atoms with E-state index in [-0.39, 0.29) is 23.9 Å². The second-order valence-corrected chi connectivity index (χ2v) is 10.1. The number of carbonyl (C=O) groups is 5. The molecule has 0 radical (unpaired) electrons. The summed E-state index contributed by atoms with van der Waals surface area (Å²) in [6.45, 7) is 4.65. The molecule has 4 amide bonds. The number of carbonyl (C=O) groups excluding carboxylic acids is 5. The number of hydrogen-bond acceptors (Lipinski definition) is 7. The van der Waals surface area contributed by atoms with E-state index < -0.39 is 47.4 Å². The Morgan fingerprint density at radius 2 is 1.69 bits per heavy atom. The van der Waals surface area contributed by atoms with E-state index in [1.54, 1.807) is 24.3 Å². The van der Waals surface area contributed by atoms with E-state index in [0.717, 1.165) is 22.2 Å². The first-order valence-corrected chi connectivity index (χ1v) is 12.2. The fourth-order valence-electron chi connectivity index (χ4n) is 3.76. The zero-order valence-electron chi connectivity index (χ0n) is 20.9. The fraction of sp³-hybridized carbons (Fsp3) is 0.542. The van der Waals surface area contributed by atoms with Crippen molar-refractivity contribution in [2.75, 3.05) is 20.7 Å². The molecule has 0 heterocycles. The third-order valence-electron chi connectivity index (χ3n) is 5.39. The van der Waals surface area contributed by atoms with Crippen LogP contribution in [0.25, 0.3) is 0 Å². The van der Waals surface area contributed by atoms with Crippen LogP contribution in [0.2, 0.25) is 0 Å². The normalized spacial score (nSPS) is 13.4. The average Bonchev–Trinajstić information content (AvgIpc) is 2.78. The van der Waals surface area contributed by atoms with Gasteiger partial charge < -0.3 is 26.4 Å². The summed E-state index contributed by atoms with van der Waals surface area (Å²) in [4.78, 5) is 63.4. The number of primary amides is 2. The number of thioether (sulfide) groups is 1. The zero-order valence-corrected chi connectivity index (χ0v) is 21.7. The van der Waals surface area contributed by atoms with Crippen molar-refractivity contribution < 1.29 is 28.7 Å². The molecule has 0 fully saturated rings. The summed E-state index contributed by atoms with van der Waals surface area (Å²) in [5, 5.41) is 1.50. The summed E-state index contributed by atoms with van der Waals surface area (Å²) in [6, 6.07) is 5.90. The molecule has 1 aromatic rings. The molecular weight excluding hydrogens is 472 g/mol. The van der Waals surface area contributed by atoms with E-state index >= 15 is 0 Å². The molecule has 1 aromatic carbocycles. The van der Waals surface area contributed by atoms with Crippen LogP contribution in [0.15, 0.2) is 24.3 Å². The van der Waals surface area contributed by atoms with Crippen molar-refractivity contribution in [2.45, 2.75) is 51.3 Å². The maximum Gasteiger partial charge on any atom is 0.242 e. The Morgan fingerprint density at radius 1 is 1.09 bits per heavy atom. The zero-order chi connectivity index (χ0) is 26.7. The second kappa shape index (κ2) is 14.3. The first-order valence-electron chi connectivity index (χ1n) is 11.3. The lowest BCUT2D eigenvalue weighted by molar-refractivity contribution is -0.143. The van der Waals surface area contributed by atoms with E-state index in [2.05, 4.69) is 5.32 Å². The van der Waals surface area contributed by atoms with E-state index in [1.807, 2.05) is 13.8 Å². The first kappa shape index (κ1) is 30.0. The largest absolute Gasteiger partial charge is 0.497 e. The van der Waals surface area contributed by atoms with Gasteiger partial charge in [0.2, 0.25) is 23.6 Å². The van der Waals surface area contributed by atoms with Crippen LogP contribution in [0, 0.1) is 11.8 Å². The van der Waals surface area contributed by atoms with Gasteiger partial charge in [0.1, 0.15) is 18.3 Å². The maximum absolute atomic E-state index is 13.5. The van der Waals surface area contributed by atoms with Crippen LogP contribution in [-0.4, -0.2) is 65.6 Å². The number of ether oxygens (including phenoxy) is 1. The highest BCUT2D eigenvalue weighted by Gasteiger charge is 2.36. The highest BCUT2D eigenvalue weighted by Crippen LogP contribution is 2.30.